The molecule has 3 aliphatic rings. The lowest BCUT2D eigenvalue weighted by Gasteiger charge is -2.20. The zero-order chi connectivity index (χ0) is 21.4. The van der Waals surface area contributed by atoms with E-state index in [0.29, 0.717) is 25.1 Å². The van der Waals surface area contributed by atoms with Gasteiger partial charge in [0.1, 0.15) is 5.54 Å². The second-order valence-corrected chi connectivity index (χ2v) is 9.19. The summed E-state index contributed by atoms with van der Waals surface area (Å²) in [6, 6.07) is 5.55. The molecule has 7 nitrogen and oxygen atoms in total. The van der Waals surface area contributed by atoms with Crippen molar-refractivity contribution in [3.8, 4) is 0 Å². The van der Waals surface area contributed by atoms with Crippen molar-refractivity contribution in [2.24, 2.45) is 0 Å². The molecule has 2 aliphatic carbocycles. The number of rotatable bonds is 5. The Hall–Kier alpha value is -2.83. The van der Waals surface area contributed by atoms with Crippen LogP contribution in [0.4, 0.5) is 4.79 Å². The molecular weight excluding hydrogens is 392 g/mol. The average molecular weight is 423 g/mol. The highest BCUT2D eigenvalue weighted by atomic mass is 16.2. The van der Waals surface area contributed by atoms with E-state index in [0.717, 1.165) is 49.4 Å². The van der Waals surface area contributed by atoms with Gasteiger partial charge in [-0.2, -0.15) is 0 Å². The van der Waals surface area contributed by atoms with Gasteiger partial charge in [-0.1, -0.05) is 19.3 Å². The van der Waals surface area contributed by atoms with Crippen molar-refractivity contribution in [2.45, 2.75) is 69.7 Å². The smallest absolute Gasteiger partial charge is 0.325 e. The molecule has 0 bridgehead atoms. The summed E-state index contributed by atoms with van der Waals surface area (Å²) in [6.45, 7) is 0.753. The first-order valence-electron chi connectivity index (χ1n) is 11.6. The number of nitrogens with zero attached hydrogens (tertiary/aromatic N) is 1. The van der Waals surface area contributed by atoms with Crippen molar-refractivity contribution in [3.63, 3.8) is 0 Å². The number of hydrogen-bond acceptors (Lipinski definition) is 3. The molecule has 5 rings (SSSR count). The highest BCUT2D eigenvalue weighted by Gasteiger charge is 2.51. The molecule has 1 aromatic heterocycles. The fourth-order valence-corrected chi connectivity index (χ4v) is 5.46. The van der Waals surface area contributed by atoms with Gasteiger partial charge >= 0.3 is 6.03 Å². The summed E-state index contributed by atoms with van der Waals surface area (Å²) in [5, 5.41) is 7.00. The molecule has 31 heavy (non-hydrogen) atoms. The van der Waals surface area contributed by atoms with Crippen molar-refractivity contribution in [3.05, 3.63) is 35.0 Å². The predicted octanol–water partition coefficient (Wildman–Crippen LogP) is 3.42. The fraction of sp³-hybridized carbons (Fsp3) is 0.542. The first kappa shape index (κ1) is 20.1. The zero-order valence-corrected chi connectivity index (χ0v) is 17.9. The molecule has 0 radical (unpaired) electrons. The van der Waals surface area contributed by atoms with E-state index in [4.69, 9.17) is 0 Å². The van der Waals surface area contributed by atoms with E-state index >= 15 is 0 Å². The summed E-state index contributed by atoms with van der Waals surface area (Å²) in [4.78, 5) is 42.5. The van der Waals surface area contributed by atoms with Crippen LogP contribution in [-0.4, -0.2) is 46.4 Å². The van der Waals surface area contributed by atoms with Crippen LogP contribution in [0.1, 0.15) is 73.0 Å². The van der Waals surface area contributed by atoms with Crippen molar-refractivity contribution >= 4 is 28.7 Å². The Morgan fingerprint density at radius 2 is 1.87 bits per heavy atom. The van der Waals surface area contributed by atoms with Crippen LogP contribution in [0.25, 0.3) is 10.9 Å². The molecule has 3 N–H and O–H groups in total. The molecule has 164 valence electrons. The maximum absolute atomic E-state index is 12.7. The van der Waals surface area contributed by atoms with E-state index in [2.05, 4.69) is 15.6 Å². The monoisotopic (exact) mass is 422 g/mol. The van der Waals surface area contributed by atoms with Crippen molar-refractivity contribution < 1.29 is 14.4 Å². The first-order valence-corrected chi connectivity index (χ1v) is 11.6. The Balaban J connectivity index is 1.18. The van der Waals surface area contributed by atoms with Gasteiger partial charge in [-0.3, -0.25) is 14.5 Å². The SMILES string of the molecule is O=C(NCCCN1C(=O)NC2(CCCC2)C1=O)c1ccc2[nH]c3c(c2c1)CCCCC3. The summed E-state index contributed by atoms with van der Waals surface area (Å²) in [5.41, 5.74) is 3.77. The molecule has 1 saturated carbocycles. The molecule has 2 fully saturated rings. The van der Waals surface area contributed by atoms with Crippen LogP contribution in [0, 0.1) is 0 Å². The summed E-state index contributed by atoms with van der Waals surface area (Å²) >= 11 is 0. The predicted molar refractivity (Wildman–Crippen MR) is 118 cm³/mol. The van der Waals surface area contributed by atoms with Gasteiger partial charge in [0.2, 0.25) is 0 Å². The number of aromatic nitrogens is 1. The number of amides is 4. The van der Waals surface area contributed by atoms with Crippen LogP contribution in [0.3, 0.4) is 0 Å². The molecule has 1 saturated heterocycles. The second kappa shape index (κ2) is 8.02. The third kappa shape index (κ3) is 3.60. The van der Waals surface area contributed by atoms with E-state index < -0.39 is 5.54 Å². The van der Waals surface area contributed by atoms with E-state index in [1.165, 1.54) is 35.4 Å². The zero-order valence-electron chi connectivity index (χ0n) is 17.9. The minimum atomic E-state index is -0.662. The number of aromatic amines is 1. The lowest BCUT2D eigenvalue weighted by Crippen LogP contribution is -2.44. The maximum atomic E-state index is 12.7. The van der Waals surface area contributed by atoms with Crippen molar-refractivity contribution in [2.75, 3.05) is 13.1 Å². The number of urea groups is 1. The second-order valence-electron chi connectivity index (χ2n) is 9.19. The first-order chi connectivity index (χ1) is 15.1. The molecule has 1 aromatic carbocycles. The lowest BCUT2D eigenvalue weighted by molar-refractivity contribution is -0.131. The minimum absolute atomic E-state index is 0.0973. The molecule has 0 atom stereocenters. The van der Waals surface area contributed by atoms with Crippen LogP contribution in [-0.2, 0) is 17.6 Å². The van der Waals surface area contributed by atoms with Gasteiger partial charge in [0.15, 0.2) is 0 Å². The summed E-state index contributed by atoms with van der Waals surface area (Å²) in [7, 11) is 0. The molecule has 2 aromatic rings. The number of aryl methyl sites for hydroxylation is 2. The highest BCUT2D eigenvalue weighted by molar-refractivity contribution is 6.07. The van der Waals surface area contributed by atoms with Crippen LogP contribution in [0.5, 0.6) is 0 Å². The van der Waals surface area contributed by atoms with Gasteiger partial charge in [-0.25, -0.2) is 4.79 Å². The van der Waals surface area contributed by atoms with Gasteiger partial charge < -0.3 is 15.6 Å². The van der Waals surface area contributed by atoms with Crippen molar-refractivity contribution in [1.29, 1.82) is 0 Å². The molecule has 4 amide bonds. The number of nitrogens with one attached hydrogen (secondary N) is 3. The van der Waals surface area contributed by atoms with Gasteiger partial charge in [-0.15, -0.1) is 0 Å². The van der Waals surface area contributed by atoms with Gasteiger partial charge in [0, 0.05) is 35.2 Å². The van der Waals surface area contributed by atoms with E-state index in [-0.39, 0.29) is 17.8 Å². The Kier molecular flexibility index (Phi) is 5.20. The number of benzene rings is 1. The third-order valence-electron chi connectivity index (χ3n) is 7.16. The van der Waals surface area contributed by atoms with Gasteiger partial charge in [0.25, 0.3) is 11.8 Å². The fourth-order valence-electron chi connectivity index (χ4n) is 5.46. The standard InChI is InChI=1S/C24H30N4O3/c29-21(16-9-10-20-18(15-16)17-7-2-1-3-8-19(17)26-20)25-13-6-14-28-22(30)24(27-23(28)31)11-4-5-12-24/h9-10,15,26H,1-8,11-14H2,(H,25,29)(H,27,31). The molecular formula is C24H30N4O3. The quantitative estimate of drug-likeness (QED) is 0.391. The van der Waals surface area contributed by atoms with Crippen LogP contribution < -0.4 is 10.6 Å². The summed E-state index contributed by atoms with van der Waals surface area (Å²) in [5.74, 6) is -0.213. The number of hydrogen-bond donors (Lipinski definition) is 3. The van der Waals surface area contributed by atoms with Crippen LogP contribution in [0.15, 0.2) is 18.2 Å². The number of imide groups is 1. The van der Waals surface area contributed by atoms with Gasteiger partial charge in [-0.05, 0) is 68.7 Å². The number of fused-ring (bicyclic) bond motifs is 3. The molecule has 1 spiro atoms. The van der Waals surface area contributed by atoms with Crippen molar-refractivity contribution in [1.82, 2.24) is 20.5 Å². The molecule has 0 unspecified atom stereocenters. The topological polar surface area (TPSA) is 94.3 Å². The Labute approximate surface area is 181 Å². The van der Waals surface area contributed by atoms with Crippen LogP contribution in [0.2, 0.25) is 0 Å². The molecule has 7 heteroatoms. The lowest BCUT2D eigenvalue weighted by atomic mass is 9.98. The van der Waals surface area contributed by atoms with E-state index in [9.17, 15) is 14.4 Å². The largest absolute Gasteiger partial charge is 0.358 e. The summed E-state index contributed by atoms with van der Waals surface area (Å²) in [6.07, 6.45) is 9.77. The van der Waals surface area contributed by atoms with Gasteiger partial charge in [0.05, 0.1) is 0 Å². The minimum Gasteiger partial charge on any atom is -0.358 e. The molecule has 2 heterocycles. The number of H-pyrrole nitrogens is 1. The third-order valence-corrected chi connectivity index (χ3v) is 7.16. The maximum Gasteiger partial charge on any atom is 0.325 e. The summed E-state index contributed by atoms with van der Waals surface area (Å²) < 4.78 is 0. The average Bonchev–Trinajstić information content (AvgIpc) is 3.37. The number of carbonyl (C=O) groups is 3. The van der Waals surface area contributed by atoms with E-state index in [1.807, 2.05) is 18.2 Å². The Morgan fingerprint density at radius 1 is 1.06 bits per heavy atom. The van der Waals surface area contributed by atoms with E-state index in [1.54, 1.807) is 0 Å². The number of carbonyl (C=O) groups excluding carboxylic acids is 3. The van der Waals surface area contributed by atoms with Crippen LogP contribution >= 0.6 is 0 Å². The highest BCUT2D eigenvalue weighted by Crippen LogP contribution is 2.35. The molecule has 1 aliphatic heterocycles. The Morgan fingerprint density at radius 3 is 2.71 bits per heavy atom. The Bertz CT molecular complexity index is 1030. The normalized spacial score (nSPS) is 20.2.